The summed E-state index contributed by atoms with van der Waals surface area (Å²) in [5.41, 5.74) is 2.01. The topological polar surface area (TPSA) is 108 Å². The van der Waals surface area contributed by atoms with Crippen LogP contribution in [0.25, 0.3) is 0 Å². The van der Waals surface area contributed by atoms with Crippen molar-refractivity contribution in [2.45, 2.75) is 75.7 Å². The summed E-state index contributed by atoms with van der Waals surface area (Å²) in [5, 5.41) is 12.2. The number of anilines is 1. The lowest BCUT2D eigenvalue weighted by Gasteiger charge is -2.46. The van der Waals surface area contributed by atoms with Crippen molar-refractivity contribution < 1.29 is 27.8 Å². The number of sulfonamides is 1. The number of fused-ring (bicyclic) bond motifs is 5. The molecule has 2 aromatic rings. The third kappa shape index (κ3) is 7.84. The molecular formula is C40H50ClN3O6S. The molecule has 3 heterocycles. The second kappa shape index (κ2) is 15.1. The highest BCUT2D eigenvalue weighted by Gasteiger charge is 2.46. The molecule has 2 bridgehead atoms. The van der Waals surface area contributed by atoms with Crippen LogP contribution in [0.2, 0.25) is 5.02 Å². The SMILES string of the molecule is C[C@@H]1[C@@H](C)C/C=C/[C@](O)(C#CCCN2CCOCC2)[C@@H]2CC[C@H]2CN2C[C@H]3CCCc4cc(Cl)ccc4C3Oc3ccc(cc32)C(=O)NS1(=O)=O. The molecule has 1 amide bonds. The summed E-state index contributed by atoms with van der Waals surface area (Å²) in [4.78, 5) is 18.2. The number of hydrogen-bond donors (Lipinski definition) is 2. The monoisotopic (exact) mass is 735 g/mol. The van der Waals surface area contributed by atoms with E-state index >= 15 is 0 Å². The fourth-order valence-electron chi connectivity index (χ4n) is 8.46. The van der Waals surface area contributed by atoms with Crippen LogP contribution < -0.4 is 14.4 Å². The maximum absolute atomic E-state index is 13.5. The lowest BCUT2D eigenvalue weighted by atomic mass is 9.64. The predicted molar refractivity (Wildman–Crippen MR) is 199 cm³/mol. The van der Waals surface area contributed by atoms with E-state index in [9.17, 15) is 18.3 Å². The van der Waals surface area contributed by atoms with Gasteiger partial charge in [0.2, 0.25) is 10.0 Å². The first-order chi connectivity index (χ1) is 24.5. The number of nitrogens with zero attached hydrogens (tertiary/aromatic N) is 2. The summed E-state index contributed by atoms with van der Waals surface area (Å²) < 4.78 is 41.6. The number of aryl methyl sites for hydroxylation is 1. The normalized spacial score (nSPS) is 32.9. The molecule has 9 nitrogen and oxygen atoms in total. The minimum absolute atomic E-state index is 0.0964. The number of ether oxygens (including phenoxy) is 2. The fourth-order valence-corrected chi connectivity index (χ4v) is 9.94. The highest BCUT2D eigenvalue weighted by atomic mass is 35.5. The number of benzene rings is 2. The first kappa shape index (κ1) is 36.3. The molecular weight excluding hydrogens is 686 g/mol. The molecule has 2 N–H and O–H groups in total. The maximum Gasteiger partial charge on any atom is 0.264 e. The van der Waals surface area contributed by atoms with Gasteiger partial charge in [0, 0.05) is 61.6 Å². The Hall–Kier alpha value is -3.07. The lowest BCUT2D eigenvalue weighted by Crippen LogP contribution is -2.50. The van der Waals surface area contributed by atoms with Crippen molar-refractivity contribution in [1.82, 2.24) is 9.62 Å². The fraction of sp³-hybridized carbons (Fsp3) is 0.575. The molecule has 0 aromatic heterocycles. The molecule has 1 saturated carbocycles. The standard InChI is InChI=1S/C40H50ClN3O6S/c1-27-7-6-17-40(46,16-3-4-18-43-19-21-49-22-20-43)35-14-10-31(35)25-44-26-32-9-5-8-29-23-33(41)12-13-34(29)38(32)50-37-15-11-30(24-36(37)44)39(45)42-51(47,48)28(27)2/h6,11-13,15,17,23-24,27-28,31-32,35,38,46H,4-5,7-10,14,18-22,25-26H2,1-2H3,(H,42,45)/b17-6+/t27-,28+,31-,32+,35+,38?,40+/m0/s1. The summed E-state index contributed by atoms with van der Waals surface area (Å²) >= 11 is 6.42. The van der Waals surface area contributed by atoms with Crippen molar-refractivity contribution in [2.24, 2.45) is 23.7 Å². The van der Waals surface area contributed by atoms with Crippen LogP contribution in [0.4, 0.5) is 5.69 Å². The average molecular weight is 736 g/mol. The number of amides is 1. The third-order valence-electron chi connectivity index (χ3n) is 11.9. The Labute approximate surface area is 307 Å². The average Bonchev–Trinajstić information content (AvgIpc) is 3.35. The van der Waals surface area contributed by atoms with Crippen LogP contribution in [0.5, 0.6) is 5.75 Å². The summed E-state index contributed by atoms with van der Waals surface area (Å²) in [6.45, 7) is 8.89. The lowest BCUT2D eigenvalue weighted by molar-refractivity contribution is -0.00328. The Balaban J connectivity index is 1.25. The van der Waals surface area contributed by atoms with Crippen LogP contribution in [0.1, 0.15) is 80.0 Å². The zero-order chi connectivity index (χ0) is 35.8. The molecule has 2 aromatic carbocycles. The van der Waals surface area contributed by atoms with Gasteiger partial charge in [-0.3, -0.25) is 9.69 Å². The van der Waals surface area contributed by atoms with Gasteiger partial charge >= 0.3 is 0 Å². The largest absolute Gasteiger partial charge is 0.483 e. The van der Waals surface area contributed by atoms with E-state index in [0.717, 1.165) is 76.2 Å². The summed E-state index contributed by atoms with van der Waals surface area (Å²) in [6, 6.07) is 11.3. The van der Waals surface area contributed by atoms with Crippen LogP contribution in [-0.2, 0) is 21.2 Å². The molecule has 2 aliphatic carbocycles. The zero-order valence-corrected chi connectivity index (χ0v) is 31.2. The van der Waals surface area contributed by atoms with E-state index in [1.54, 1.807) is 25.1 Å². The van der Waals surface area contributed by atoms with Crippen LogP contribution in [0, 0.1) is 35.5 Å². The highest BCUT2D eigenvalue weighted by Crippen LogP contribution is 2.48. The van der Waals surface area contributed by atoms with E-state index in [4.69, 9.17) is 21.1 Å². The summed E-state index contributed by atoms with van der Waals surface area (Å²) in [5.74, 6) is 6.53. The molecule has 274 valence electrons. The Morgan fingerprint density at radius 2 is 1.86 bits per heavy atom. The molecule has 3 aliphatic heterocycles. The van der Waals surface area contributed by atoms with E-state index in [-0.39, 0.29) is 35.3 Å². The second-order valence-corrected chi connectivity index (χ2v) is 17.7. The number of allylic oxidation sites excluding steroid dienone is 1. The molecule has 0 spiro atoms. The number of carbonyl (C=O) groups excluding carboxylic acids is 1. The molecule has 0 radical (unpaired) electrons. The van der Waals surface area contributed by atoms with Gasteiger partial charge < -0.3 is 19.5 Å². The highest BCUT2D eigenvalue weighted by molar-refractivity contribution is 7.90. The van der Waals surface area contributed by atoms with Gasteiger partial charge in [-0.25, -0.2) is 13.1 Å². The summed E-state index contributed by atoms with van der Waals surface area (Å²) in [7, 11) is -3.99. The van der Waals surface area contributed by atoms with Crippen LogP contribution in [-0.4, -0.2) is 81.1 Å². The zero-order valence-electron chi connectivity index (χ0n) is 29.7. The molecule has 1 unspecified atom stereocenters. The van der Waals surface area contributed by atoms with Crippen molar-refractivity contribution in [1.29, 1.82) is 0 Å². The van der Waals surface area contributed by atoms with Gasteiger partial charge in [-0.15, -0.1) is 0 Å². The van der Waals surface area contributed by atoms with Gasteiger partial charge in [-0.2, -0.15) is 0 Å². The maximum atomic E-state index is 13.5. The molecule has 51 heavy (non-hydrogen) atoms. The van der Waals surface area contributed by atoms with Crippen LogP contribution in [0.3, 0.4) is 0 Å². The second-order valence-electron chi connectivity index (χ2n) is 15.2. The summed E-state index contributed by atoms with van der Waals surface area (Å²) in [6.07, 6.45) is 9.24. The number of aliphatic hydroxyl groups is 1. The molecule has 7 atom stereocenters. The first-order valence-corrected chi connectivity index (χ1v) is 20.5. The molecule has 1 saturated heterocycles. The van der Waals surface area contributed by atoms with Crippen molar-refractivity contribution >= 4 is 33.2 Å². The number of carbonyl (C=O) groups is 1. The number of halogens is 1. The van der Waals surface area contributed by atoms with E-state index in [2.05, 4.69) is 32.4 Å². The third-order valence-corrected chi connectivity index (χ3v) is 14.1. The Kier molecular flexibility index (Phi) is 10.8. The minimum Gasteiger partial charge on any atom is -0.483 e. The van der Waals surface area contributed by atoms with Gasteiger partial charge in [0.15, 0.2) is 0 Å². The van der Waals surface area contributed by atoms with Gasteiger partial charge in [-0.05, 0) is 105 Å². The number of nitrogens with one attached hydrogen (secondary N) is 1. The van der Waals surface area contributed by atoms with Gasteiger partial charge in [-0.1, -0.05) is 42.5 Å². The van der Waals surface area contributed by atoms with E-state index < -0.39 is 26.8 Å². The van der Waals surface area contributed by atoms with E-state index in [0.29, 0.717) is 36.7 Å². The van der Waals surface area contributed by atoms with Crippen molar-refractivity contribution in [2.75, 3.05) is 50.8 Å². The Morgan fingerprint density at radius 3 is 2.65 bits per heavy atom. The van der Waals surface area contributed by atoms with E-state index in [1.807, 2.05) is 31.2 Å². The van der Waals surface area contributed by atoms with E-state index in [1.165, 1.54) is 5.56 Å². The van der Waals surface area contributed by atoms with Gasteiger partial charge in [0.05, 0.1) is 24.2 Å². The van der Waals surface area contributed by atoms with Crippen LogP contribution >= 0.6 is 11.6 Å². The smallest absolute Gasteiger partial charge is 0.264 e. The van der Waals surface area contributed by atoms with Crippen molar-refractivity contribution in [3.8, 4) is 17.6 Å². The number of morpholine rings is 1. The molecule has 2 fully saturated rings. The number of rotatable bonds is 2. The molecule has 11 heteroatoms. The Morgan fingerprint density at radius 1 is 1.06 bits per heavy atom. The predicted octanol–water partition coefficient (Wildman–Crippen LogP) is 5.76. The quantitative estimate of drug-likeness (QED) is 0.296. The van der Waals surface area contributed by atoms with Gasteiger partial charge in [0.1, 0.15) is 17.5 Å². The van der Waals surface area contributed by atoms with Crippen molar-refractivity contribution in [3.63, 3.8) is 0 Å². The van der Waals surface area contributed by atoms with Crippen LogP contribution in [0.15, 0.2) is 48.6 Å². The van der Waals surface area contributed by atoms with Gasteiger partial charge in [0.25, 0.3) is 5.91 Å². The molecule has 7 rings (SSSR count). The Bertz CT molecular complexity index is 1820. The number of hydrogen-bond acceptors (Lipinski definition) is 8. The molecule has 5 aliphatic rings. The van der Waals surface area contributed by atoms with Crippen molar-refractivity contribution in [3.05, 3.63) is 70.3 Å². The first-order valence-electron chi connectivity index (χ1n) is 18.6. The minimum atomic E-state index is -3.99.